The molecule has 6 nitrogen and oxygen atoms in total. The van der Waals surface area contributed by atoms with Gasteiger partial charge in [-0.2, -0.15) is 5.10 Å². The second-order valence-electron chi connectivity index (χ2n) is 7.34. The van der Waals surface area contributed by atoms with E-state index in [1.807, 2.05) is 25.1 Å². The van der Waals surface area contributed by atoms with Crippen molar-refractivity contribution in [2.45, 2.75) is 45.1 Å². The molecule has 3 N–H and O–H groups in total. The molecule has 0 aliphatic heterocycles. The predicted molar refractivity (Wildman–Crippen MR) is 112 cm³/mol. The zero-order valence-electron chi connectivity index (χ0n) is 16.1. The maximum atomic E-state index is 10.9. The molecule has 1 aromatic heterocycles. The molecule has 1 aliphatic carbocycles. The molecule has 1 fully saturated rings. The second-order valence-corrected chi connectivity index (χ2v) is 7.34. The summed E-state index contributed by atoms with van der Waals surface area (Å²) in [5, 5.41) is 4.04. The molecule has 0 spiro atoms. The minimum Gasteiger partial charge on any atom is -0.350 e. The molecule has 4 rings (SSSR count). The molecule has 1 saturated carbocycles. The Labute approximate surface area is 164 Å². The Hall–Kier alpha value is -3.15. The largest absolute Gasteiger partial charge is 0.350 e. The number of hydrogen-bond donors (Lipinski definition) is 2. The summed E-state index contributed by atoms with van der Waals surface area (Å²) in [5.41, 5.74) is 12.2. The average molecular weight is 375 g/mol. The smallest absolute Gasteiger partial charge is 0.332 e. The Morgan fingerprint density at radius 2 is 1.89 bits per heavy atom. The molecule has 0 unspecified atom stereocenters. The van der Waals surface area contributed by atoms with Crippen LogP contribution in [0.4, 0.5) is 4.79 Å². The first-order valence-corrected chi connectivity index (χ1v) is 9.81. The van der Waals surface area contributed by atoms with Crippen LogP contribution in [-0.2, 0) is 0 Å². The van der Waals surface area contributed by atoms with Gasteiger partial charge in [-0.25, -0.2) is 15.2 Å². The highest BCUT2D eigenvalue weighted by Crippen LogP contribution is 2.36. The number of carbonyl (C=O) groups is 1. The van der Waals surface area contributed by atoms with Crippen molar-refractivity contribution in [2.75, 3.05) is 0 Å². The van der Waals surface area contributed by atoms with Crippen molar-refractivity contribution in [3.05, 3.63) is 54.1 Å². The number of fused-ring (bicyclic) bond motifs is 1. The van der Waals surface area contributed by atoms with Crippen LogP contribution in [0, 0.1) is 0 Å². The van der Waals surface area contributed by atoms with E-state index in [9.17, 15) is 4.79 Å². The van der Waals surface area contributed by atoms with Gasteiger partial charge in [-0.3, -0.25) is 0 Å². The number of benzene rings is 2. The number of hydrazone groups is 1. The van der Waals surface area contributed by atoms with E-state index in [1.54, 1.807) is 0 Å². The maximum Gasteiger partial charge on any atom is 0.332 e. The fourth-order valence-electron chi connectivity index (χ4n) is 4.03. The Morgan fingerprint density at radius 1 is 1.14 bits per heavy atom. The standard InChI is InChI=1S/C22H25N5O/c1-15(25-26-22(23)28)17-12-13-20-19(14-17)24-21(16-8-4-2-5-9-16)27(20)18-10-6-3-7-11-18/h2,4-5,8-9,12-14,18H,3,6-7,10-11H2,1H3,(H3,23,26,28)/b25-15-. The quantitative estimate of drug-likeness (QED) is 0.516. The van der Waals surface area contributed by atoms with E-state index in [-0.39, 0.29) is 0 Å². The van der Waals surface area contributed by atoms with Crippen molar-refractivity contribution in [2.24, 2.45) is 10.8 Å². The predicted octanol–water partition coefficient (Wildman–Crippen LogP) is 4.60. The molecule has 144 valence electrons. The molecule has 6 heteroatoms. The summed E-state index contributed by atoms with van der Waals surface area (Å²) in [5.74, 6) is 1.02. The van der Waals surface area contributed by atoms with Crippen LogP contribution < -0.4 is 11.2 Å². The molecule has 0 radical (unpaired) electrons. The summed E-state index contributed by atoms with van der Waals surface area (Å²) in [6.07, 6.45) is 6.23. The summed E-state index contributed by atoms with van der Waals surface area (Å²) in [7, 11) is 0. The minimum absolute atomic E-state index is 0.478. The zero-order chi connectivity index (χ0) is 19.5. The number of amides is 2. The lowest BCUT2D eigenvalue weighted by molar-refractivity contribution is 0.249. The van der Waals surface area contributed by atoms with Gasteiger partial charge < -0.3 is 10.3 Å². The molecule has 1 aliphatic rings. The van der Waals surface area contributed by atoms with Crippen LogP contribution in [0.25, 0.3) is 22.4 Å². The summed E-state index contributed by atoms with van der Waals surface area (Å²) >= 11 is 0. The van der Waals surface area contributed by atoms with Crippen LogP contribution in [0.1, 0.15) is 50.6 Å². The van der Waals surface area contributed by atoms with Crippen LogP contribution >= 0.6 is 0 Å². The van der Waals surface area contributed by atoms with Gasteiger partial charge in [0.05, 0.1) is 16.7 Å². The van der Waals surface area contributed by atoms with E-state index >= 15 is 0 Å². The molecule has 0 atom stereocenters. The maximum absolute atomic E-state index is 10.9. The number of nitrogens with one attached hydrogen (secondary N) is 1. The van der Waals surface area contributed by atoms with Crippen LogP contribution in [0.5, 0.6) is 0 Å². The number of nitrogens with zero attached hydrogens (tertiary/aromatic N) is 3. The zero-order valence-corrected chi connectivity index (χ0v) is 16.1. The number of carbonyl (C=O) groups excluding carboxylic acids is 1. The third kappa shape index (κ3) is 3.63. The van der Waals surface area contributed by atoms with Crippen molar-refractivity contribution >= 4 is 22.8 Å². The Balaban J connectivity index is 1.82. The highest BCUT2D eigenvalue weighted by molar-refractivity contribution is 6.01. The third-order valence-corrected chi connectivity index (χ3v) is 5.41. The Morgan fingerprint density at radius 3 is 2.61 bits per heavy atom. The molecule has 0 saturated heterocycles. The van der Waals surface area contributed by atoms with Gasteiger partial charge in [0, 0.05) is 11.6 Å². The van der Waals surface area contributed by atoms with Crippen molar-refractivity contribution < 1.29 is 4.79 Å². The summed E-state index contributed by atoms with van der Waals surface area (Å²) in [6.45, 7) is 1.84. The molecular formula is C22H25N5O. The summed E-state index contributed by atoms with van der Waals surface area (Å²) in [6, 6.07) is 16.3. The number of hydrogen-bond acceptors (Lipinski definition) is 3. The Kier molecular flexibility index (Phi) is 5.10. The Bertz CT molecular complexity index is 1020. The van der Waals surface area contributed by atoms with Crippen molar-refractivity contribution in [1.29, 1.82) is 0 Å². The van der Waals surface area contributed by atoms with Gasteiger partial charge in [0.1, 0.15) is 5.82 Å². The van der Waals surface area contributed by atoms with E-state index in [2.05, 4.69) is 45.4 Å². The highest BCUT2D eigenvalue weighted by atomic mass is 16.2. The van der Waals surface area contributed by atoms with Crippen molar-refractivity contribution in [3.63, 3.8) is 0 Å². The van der Waals surface area contributed by atoms with Gasteiger partial charge in [0.15, 0.2) is 0 Å². The van der Waals surface area contributed by atoms with Crippen LogP contribution in [0.3, 0.4) is 0 Å². The molecule has 3 aromatic rings. The highest BCUT2D eigenvalue weighted by Gasteiger charge is 2.22. The second kappa shape index (κ2) is 7.84. The molecular weight excluding hydrogens is 350 g/mol. The van der Waals surface area contributed by atoms with Gasteiger partial charge in [-0.05, 0) is 37.5 Å². The SMILES string of the molecule is C/C(=N/NC(N)=O)c1ccc2c(c1)nc(-c1ccccc1)n2C1CCCCC1. The first-order chi connectivity index (χ1) is 13.6. The third-order valence-electron chi connectivity index (χ3n) is 5.41. The van der Waals surface area contributed by atoms with E-state index in [0.29, 0.717) is 11.8 Å². The number of nitrogens with two attached hydrogens (primary N) is 1. The topological polar surface area (TPSA) is 85.3 Å². The average Bonchev–Trinajstić information content (AvgIpc) is 3.12. The molecule has 28 heavy (non-hydrogen) atoms. The van der Waals surface area contributed by atoms with E-state index in [4.69, 9.17) is 10.7 Å². The van der Waals surface area contributed by atoms with Crippen LogP contribution in [0.15, 0.2) is 53.6 Å². The van der Waals surface area contributed by atoms with E-state index in [1.165, 1.54) is 32.1 Å². The van der Waals surface area contributed by atoms with Gasteiger partial charge in [-0.1, -0.05) is 55.7 Å². The van der Waals surface area contributed by atoms with Crippen molar-refractivity contribution in [3.8, 4) is 11.4 Å². The number of aromatic nitrogens is 2. The fourth-order valence-corrected chi connectivity index (χ4v) is 4.03. The monoisotopic (exact) mass is 375 g/mol. The van der Waals surface area contributed by atoms with Crippen LogP contribution in [0.2, 0.25) is 0 Å². The minimum atomic E-state index is -0.673. The molecule has 1 heterocycles. The van der Waals surface area contributed by atoms with Gasteiger partial charge in [0.25, 0.3) is 0 Å². The molecule has 0 bridgehead atoms. The van der Waals surface area contributed by atoms with E-state index < -0.39 is 6.03 Å². The molecule has 2 amide bonds. The first-order valence-electron chi connectivity index (χ1n) is 9.81. The number of primary amides is 1. The van der Waals surface area contributed by atoms with Gasteiger partial charge in [0.2, 0.25) is 0 Å². The lowest BCUT2D eigenvalue weighted by Crippen LogP contribution is -2.25. The number of imidazole rings is 1. The lowest BCUT2D eigenvalue weighted by atomic mass is 9.94. The lowest BCUT2D eigenvalue weighted by Gasteiger charge is -2.25. The number of urea groups is 1. The normalized spacial score (nSPS) is 15.7. The van der Waals surface area contributed by atoms with Gasteiger partial charge in [-0.15, -0.1) is 0 Å². The summed E-state index contributed by atoms with van der Waals surface area (Å²) in [4.78, 5) is 15.9. The van der Waals surface area contributed by atoms with Crippen LogP contribution in [-0.4, -0.2) is 21.3 Å². The van der Waals surface area contributed by atoms with Crippen molar-refractivity contribution in [1.82, 2.24) is 15.0 Å². The summed E-state index contributed by atoms with van der Waals surface area (Å²) < 4.78 is 2.42. The van der Waals surface area contributed by atoms with E-state index in [0.717, 1.165) is 28.0 Å². The fraction of sp³-hybridized carbons (Fsp3) is 0.318. The molecule has 2 aromatic carbocycles. The van der Waals surface area contributed by atoms with Gasteiger partial charge >= 0.3 is 6.03 Å². The first kappa shape index (κ1) is 18.2. The number of rotatable bonds is 4.